The Morgan fingerprint density at radius 2 is 2.37 bits per heavy atom. The molecule has 2 heterocycles. The zero-order valence-corrected chi connectivity index (χ0v) is 10.9. The van der Waals surface area contributed by atoms with Gasteiger partial charge in [0.1, 0.15) is 5.52 Å². The van der Waals surface area contributed by atoms with E-state index in [1.54, 1.807) is 6.92 Å². The molecule has 1 aromatic heterocycles. The van der Waals surface area contributed by atoms with Gasteiger partial charge in [0, 0.05) is 26.6 Å². The van der Waals surface area contributed by atoms with Crippen molar-refractivity contribution in [3.05, 3.63) is 24.3 Å². The van der Waals surface area contributed by atoms with Gasteiger partial charge in [-0.25, -0.2) is 0 Å². The van der Waals surface area contributed by atoms with E-state index in [-0.39, 0.29) is 5.91 Å². The molecule has 2 aromatic rings. The van der Waals surface area contributed by atoms with E-state index in [1.165, 1.54) is 0 Å². The SMILES string of the molecule is CC(=O)N1CCC(CNc2nc3ccccc3o2)C1. The predicted octanol–water partition coefficient (Wildman–Crippen LogP) is 2.11. The minimum absolute atomic E-state index is 0.157. The molecule has 0 bridgehead atoms. The van der Waals surface area contributed by atoms with Crippen LogP contribution in [0.2, 0.25) is 0 Å². The number of carbonyl (C=O) groups is 1. The first-order valence-corrected chi connectivity index (χ1v) is 6.57. The molecule has 5 nitrogen and oxygen atoms in total. The van der Waals surface area contributed by atoms with Crippen molar-refractivity contribution in [2.75, 3.05) is 25.0 Å². The lowest BCUT2D eigenvalue weighted by molar-refractivity contribution is -0.127. The second-order valence-corrected chi connectivity index (χ2v) is 4.99. The van der Waals surface area contributed by atoms with E-state index in [0.717, 1.165) is 37.2 Å². The smallest absolute Gasteiger partial charge is 0.295 e. The largest absolute Gasteiger partial charge is 0.424 e. The summed E-state index contributed by atoms with van der Waals surface area (Å²) in [6, 6.07) is 8.26. The number of oxazole rings is 1. The first kappa shape index (κ1) is 12.0. The summed E-state index contributed by atoms with van der Waals surface area (Å²) in [7, 11) is 0. The van der Waals surface area contributed by atoms with Gasteiger partial charge in [0.2, 0.25) is 5.91 Å². The van der Waals surface area contributed by atoms with Gasteiger partial charge in [-0.3, -0.25) is 4.79 Å². The number of nitrogens with one attached hydrogen (secondary N) is 1. The van der Waals surface area contributed by atoms with Crippen LogP contribution in [-0.4, -0.2) is 35.4 Å². The maximum absolute atomic E-state index is 11.3. The van der Waals surface area contributed by atoms with Crippen LogP contribution in [-0.2, 0) is 4.79 Å². The number of aromatic nitrogens is 1. The number of hydrogen-bond donors (Lipinski definition) is 1. The summed E-state index contributed by atoms with van der Waals surface area (Å²) in [5, 5.41) is 3.22. The molecule has 1 atom stereocenters. The molecule has 1 fully saturated rings. The van der Waals surface area contributed by atoms with Crippen molar-refractivity contribution < 1.29 is 9.21 Å². The highest BCUT2D eigenvalue weighted by Crippen LogP contribution is 2.20. The maximum Gasteiger partial charge on any atom is 0.295 e. The predicted molar refractivity (Wildman–Crippen MR) is 72.9 cm³/mol. The topological polar surface area (TPSA) is 58.4 Å². The fraction of sp³-hybridized carbons (Fsp3) is 0.429. The Kier molecular flexibility index (Phi) is 3.11. The van der Waals surface area contributed by atoms with E-state index >= 15 is 0 Å². The van der Waals surface area contributed by atoms with Crippen LogP contribution in [0.25, 0.3) is 11.1 Å². The van der Waals surface area contributed by atoms with E-state index in [9.17, 15) is 4.79 Å². The lowest BCUT2D eigenvalue weighted by atomic mass is 10.1. The van der Waals surface area contributed by atoms with Gasteiger partial charge in [0.05, 0.1) is 0 Å². The summed E-state index contributed by atoms with van der Waals surface area (Å²) >= 11 is 0. The number of anilines is 1. The zero-order valence-electron chi connectivity index (χ0n) is 10.9. The molecule has 1 unspecified atom stereocenters. The van der Waals surface area contributed by atoms with Crippen LogP contribution in [0.15, 0.2) is 28.7 Å². The van der Waals surface area contributed by atoms with E-state index in [2.05, 4.69) is 10.3 Å². The Balaban J connectivity index is 1.59. The number of amides is 1. The van der Waals surface area contributed by atoms with Gasteiger partial charge in [0.15, 0.2) is 5.58 Å². The van der Waals surface area contributed by atoms with Gasteiger partial charge >= 0.3 is 0 Å². The number of rotatable bonds is 3. The van der Waals surface area contributed by atoms with E-state index in [0.29, 0.717) is 11.9 Å². The minimum Gasteiger partial charge on any atom is -0.424 e. The molecule has 1 aromatic carbocycles. The number of hydrogen-bond acceptors (Lipinski definition) is 4. The van der Waals surface area contributed by atoms with Crippen LogP contribution in [0.4, 0.5) is 6.01 Å². The molecule has 0 spiro atoms. The minimum atomic E-state index is 0.157. The summed E-state index contributed by atoms with van der Waals surface area (Å²) < 4.78 is 5.60. The summed E-state index contributed by atoms with van der Waals surface area (Å²) in [6.07, 6.45) is 1.03. The van der Waals surface area contributed by atoms with E-state index < -0.39 is 0 Å². The summed E-state index contributed by atoms with van der Waals surface area (Å²) in [5.41, 5.74) is 1.66. The number of fused-ring (bicyclic) bond motifs is 1. The number of likely N-dealkylation sites (tertiary alicyclic amines) is 1. The molecule has 5 heteroatoms. The lowest BCUT2D eigenvalue weighted by Gasteiger charge is -2.13. The second-order valence-electron chi connectivity index (χ2n) is 4.99. The van der Waals surface area contributed by atoms with Crippen molar-refractivity contribution in [3.63, 3.8) is 0 Å². The molecular formula is C14H17N3O2. The van der Waals surface area contributed by atoms with Gasteiger partial charge in [-0.05, 0) is 24.5 Å². The average Bonchev–Trinajstić information content (AvgIpc) is 3.02. The monoisotopic (exact) mass is 259 g/mol. The molecule has 1 amide bonds. The van der Waals surface area contributed by atoms with E-state index in [1.807, 2.05) is 29.2 Å². The van der Waals surface area contributed by atoms with Crippen molar-refractivity contribution in [2.45, 2.75) is 13.3 Å². The van der Waals surface area contributed by atoms with Gasteiger partial charge in [-0.15, -0.1) is 0 Å². The quantitative estimate of drug-likeness (QED) is 0.917. The van der Waals surface area contributed by atoms with Crippen molar-refractivity contribution in [2.24, 2.45) is 5.92 Å². The number of benzene rings is 1. The number of carbonyl (C=O) groups excluding carboxylic acids is 1. The van der Waals surface area contributed by atoms with Crippen LogP contribution in [0.3, 0.4) is 0 Å². The standard InChI is InChI=1S/C14H17N3O2/c1-10(18)17-7-6-11(9-17)8-15-14-16-12-4-2-3-5-13(12)19-14/h2-5,11H,6-9H2,1H3,(H,15,16). The van der Waals surface area contributed by atoms with Crippen molar-refractivity contribution >= 4 is 23.0 Å². The van der Waals surface area contributed by atoms with Crippen molar-refractivity contribution in [1.29, 1.82) is 0 Å². The molecule has 19 heavy (non-hydrogen) atoms. The van der Waals surface area contributed by atoms with Gasteiger partial charge < -0.3 is 14.6 Å². The summed E-state index contributed by atoms with van der Waals surface area (Å²) in [6.45, 7) is 4.09. The third-order valence-corrected chi connectivity index (χ3v) is 3.57. The average molecular weight is 259 g/mol. The first-order chi connectivity index (χ1) is 9.22. The molecular weight excluding hydrogens is 242 g/mol. The summed E-state index contributed by atoms with van der Waals surface area (Å²) in [5.74, 6) is 0.628. The lowest BCUT2D eigenvalue weighted by Crippen LogP contribution is -2.27. The van der Waals surface area contributed by atoms with Crippen LogP contribution in [0, 0.1) is 5.92 Å². The Morgan fingerprint density at radius 3 is 3.11 bits per heavy atom. The third-order valence-electron chi connectivity index (χ3n) is 3.57. The molecule has 0 radical (unpaired) electrons. The first-order valence-electron chi connectivity index (χ1n) is 6.57. The highest BCUT2D eigenvalue weighted by atomic mass is 16.4. The van der Waals surface area contributed by atoms with Crippen LogP contribution in [0.1, 0.15) is 13.3 Å². The van der Waals surface area contributed by atoms with Crippen LogP contribution in [0.5, 0.6) is 0 Å². The van der Waals surface area contributed by atoms with Crippen LogP contribution < -0.4 is 5.32 Å². The fourth-order valence-electron chi connectivity index (χ4n) is 2.46. The van der Waals surface area contributed by atoms with Gasteiger partial charge in [0.25, 0.3) is 6.01 Å². The van der Waals surface area contributed by atoms with Gasteiger partial charge in [-0.2, -0.15) is 4.98 Å². The fourth-order valence-corrected chi connectivity index (χ4v) is 2.46. The molecule has 0 aliphatic carbocycles. The van der Waals surface area contributed by atoms with E-state index in [4.69, 9.17) is 4.42 Å². The van der Waals surface area contributed by atoms with Crippen molar-refractivity contribution in [3.8, 4) is 0 Å². The van der Waals surface area contributed by atoms with Crippen LogP contribution >= 0.6 is 0 Å². The molecule has 3 rings (SSSR count). The number of para-hydroxylation sites is 2. The van der Waals surface area contributed by atoms with Crippen molar-refractivity contribution in [1.82, 2.24) is 9.88 Å². The Morgan fingerprint density at radius 1 is 1.53 bits per heavy atom. The maximum atomic E-state index is 11.3. The molecule has 1 N–H and O–H groups in total. The molecule has 0 saturated carbocycles. The molecule has 1 saturated heterocycles. The number of nitrogens with zero attached hydrogens (tertiary/aromatic N) is 2. The summed E-state index contributed by atoms with van der Waals surface area (Å²) in [4.78, 5) is 17.5. The molecule has 1 aliphatic heterocycles. The van der Waals surface area contributed by atoms with Gasteiger partial charge in [-0.1, -0.05) is 12.1 Å². The normalized spacial score (nSPS) is 19.0. The Bertz CT molecular complexity index is 560. The second kappa shape index (κ2) is 4.91. The molecule has 100 valence electrons. The Hall–Kier alpha value is -2.04. The zero-order chi connectivity index (χ0) is 13.2. The highest BCUT2D eigenvalue weighted by Gasteiger charge is 2.24. The third kappa shape index (κ3) is 2.54. The highest BCUT2D eigenvalue weighted by molar-refractivity contribution is 5.74. The molecule has 1 aliphatic rings. The Labute approximate surface area is 111 Å².